The third-order valence-corrected chi connectivity index (χ3v) is 2.90. The number of hydrogen-bond acceptors (Lipinski definition) is 3. The molecular formula is C14H25NaO3. The van der Waals surface area contributed by atoms with Crippen LogP contribution in [0.1, 0.15) is 77.6 Å². The van der Waals surface area contributed by atoms with Crippen molar-refractivity contribution in [3.05, 3.63) is 0 Å². The fourth-order valence-corrected chi connectivity index (χ4v) is 1.88. The van der Waals surface area contributed by atoms with Gasteiger partial charge in [0.1, 0.15) is 5.78 Å². The summed E-state index contributed by atoms with van der Waals surface area (Å²) in [6.07, 6.45) is 10.8. The van der Waals surface area contributed by atoms with Gasteiger partial charge in [-0.1, -0.05) is 58.3 Å². The largest absolute Gasteiger partial charge is 1.00 e. The molecule has 4 heteroatoms. The maximum atomic E-state index is 11.0. The van der Waals surface area contributed by atoms with E-state index < -0.39 is 12.4 Å². The second-order valence-corrected chi connectivity index (χ2v) is 4.67. The molecule has 0 aliphatic carbocycles. The predicted octanol–water partition coefficient (Wildman–Crippen LogP) is -0.380. The number of aliphatic carboxylic acids is 1. The smallest absolute Gasteiger partial charge is 0.550 e. The maximum Gasteiger partial charge on any atom is 1.00 e. The van der Waals surface area contributed by atoms with Gasteiger partial charge >= 0.3 is 29.6 Å². The Labute approximate surface area is 133 Å². The van der Waals surface area contributed by atoms with E-state index in [1.165, 1.54) is 38.5 Å². The minimum atomic E-state index is -1.26. The Morgan fingerprint density at radius 1 is 0.833 bits per heavy atom. The molecular weight excluding hydrogens is 239 g/mol. The molecule has 0 aromatic carbocycles. The summed E-state index contributed by atoms with van der Waals surface area (Å²) in [5, 5.41) is 10.1. The van der Waals surface area contributed by atoms with Crippen molar-refractivity contribution in [2.45, 2.75) is 77.6 Å². The van der Waals surface area contributed by atoms with E-state index >= 15 is 0 Å². The molecule has 0 rings (SSSR count). The summed E-state index contributed by atoms with van der Waals surface area (Å²) in [6, 6.07) is 0. The van der Waals surface area contributed by atoms with Crippen LogP contribution in [0.15, 0.2) is 0 Å². The van der Waals surface area contributed by atoms with Crippen LogP contribution in [0.5, 0.6) is 0 Å². The van der Waals surface area contributed by atoms with E-state index in [2.05, 4.69) is 6.92 Å². The second-order valence-electron chi connectivity index (χ2n) is 4.67. The van der Waals surface area contributed by atoms with E-state index in [4.69, 9.17) is 0 Å². The molecule has 0 amide bonds. The normalized spacial score (nSPS) is 9.83. The Morgan fingerprint density at radius 3 is 1.72 bits per heavy atom. The van der Waals surface area contributed by atoms with E-state index in [0.717, 1.165) is 19.3 Å². The number of carbonyl (C=O) groups excluding carboxylic acids is 2. The number of carboxylic acids is 1. The van der Waals surface area contributed by atoms with Crippen molar-refractivity contribution in [1.29, 1.82) is 0 Å². The van der Waals surface area contributed by atoms with E-state index in [1.54, 1.807) is 0 Å². The van der Waals surface area contributed by atoms with E-state index in [-0.39, 0.29) is 35.3 Å². The monoisotopic (exact) mass is 264 g/mol. The summed E-state index contributed by atoms with van der Waals surface area (Å²) in [5.41, 5.74) is 0. The number of ketones is 1. The molecule has 0 N–H and O–H groups in total. The van der Waals surface area contributed by atoms with Gasteiger partial charge in [-0.2, -0.15) is 0 Å². The first-order valence-electron chi connectivity index (χ1n) is 6.88. The van der Waals surface area contributed by atoms with Gasteiger partial charge in [0, 0.05) is 18.8 Å². The van der Waals surface area contributed by atoms with E-state index in [9.17, 15) is 14.7 Å². The number of Topliss-reactive ketones (excluding diaryl/α,β-unsaturated/α-hetero) is 1. The Morgan fingerprint density at radius 2 is 1.28 bits per heavy atom. The first-order chi connectivity index (χ1) is 8.16. The van der Waals surface area contributed by atoms with Gasteiger partial charge in [-0.25, -0.2) is 0 Å². The Hall–Kier alpha value is 0.140. The van der Waals surface area contributed by atoms with Crippen LogP contribution in [0.25, 0.3) is 0 Å². The minimum absolute atomic E-state index is 0. The third-order valence-electron chi connectivity index (χ3n) is 2.90. The van der Waals surface area contributed by atoms with Crippen LogP contribution in [0, 0.1) is 0 Å². The molecule has 0 atom stereocenters. The Bertz CT molecular complexity index is 217. The minimum Gasteiger partial charge on any atom is -0.550 e. The predicted molar refractivity (Wildman–Crippen MR) is 66.5 cm³/mol. The van der Waals surface area contributed by atoms with Crippen molar-refractivity contribution >= 4 is 11.8 Å². The molecule has 0 aromatic rings. The molecule has 0 radical (unpaired) electrons. The zero-order valence-corrected chi connectivity index (χ0v) is 14.0. The van der Waals surface area contributed by atoms with Crippen LogP contribution in [-0.4, -0.2) is 11.8 Å². The molecule has 0 saturated carbocycles. The second kappa shape index (κ2) is 15.2. The van der Waals surface area contributed by atoms with Gasteiger partial charge in [0.2, 0.25) is 0 Å². The number of carboxylic acid groups (broad SMARTS) is 1. The number of hydrogen-bond donors (Lipinski definition) is 0. The molecule has 0 saturated heterocycles. The van der Waals surface area contributed by atoms with Gasteiger partial charge in [-0.3, -0.25) is 4.79 Å². The molecule has 0 unspecified atom stereocenters. The van der Waals surface area contributed by atoms with E-state index in [0.29, 0.717) is 6.42 Å². The summed E-state index contributed by atoms with van der Waals surface area (Å²) in [4.78, 5) is 21.2. The molecule has 0 fully saturated rings. The van der Waals surface area contributed by atoms with Gasteiger partial charge in [-0.15, -0.1) is 0 Å². The summed E-state index contributed by atoms with van der Waals surface area (Å²) < 4.78 is 0. The molecule has 18 heavy (non-hydrogen) atoms. The van der Waals surface area contributed by atoms with Crippen LogP contribution < -0.4 is 34.7 Å². The Kier molecular flexibility index (Phi) is 17.3. The van der Waals surface area contributed by atoms with Crippen LogP contribution >= 0.6 is 0 Å². The molecule has 0 aliphatic rings. The van der Waals surface area contributed by atoms with Crippen molar-refractivity contribution in [3.8, 4) is 0 Å². The Balaban J connectivity index is 0. The van der Waals surface area contributed by atoms with E-state index in [1.807, 2.05) is 0 Å². The average molecular weight is 264 g/mol. The molecule has 0 bridgehead atoms. The third kappa shape index (κ3) is 16.1. The SMILES string of the molecule is CCCCCCCCCCCC(=O)CC(=O)[O-].[Na+]. The topological polar surface area (TPSA) is 57.2 Å². The number of carbonyl (C=O) groups is 2. The average Bonchev–Trinajstić information content (AvgIpc) is 2.26. The van der Waals surface area contributed by atoms with Gasteiger partial charge in [0.05, 0.1) is 0 Å². The molecule has 3 nitrogen and oxygen atoms in total. The first kappa shape index (κ1) is 20.5. The van der Waals surface area contributed by atoms with Crippen molar-refractivity contribution < 1.29 is 44.3 Å². The molecule has 0 aliphatic heterocycles. The summed E-state index contributed by atoms with van der Waals surface area (Å²) in [7, 11) is 0. The first-order valence-corrected chi connectivity index (χ1v) is 6.88. The van der Waals surface area contributed by atoms with Crippen LogP contribution in [0.2, 0.25) is 0 Å². The molecule has 0 spiro atoms. The molecule has 100 valence electrons. The standard InChI is InChI=1S/C14H26O3.Na/c1-2-3-4-5-6-7-8-9-10-11-13(15)12-14(16)17;/h2-12H2,1H3,(H,16,17);/q;+1/p-1. The number of unbranched alkanes of at least 4 members (excludes halogenated alkanes) is 8. The zero-order chi connectivity index (χ0) is 12.9. The fourth-order valence-electron chi connectivity index (χ4n) is 1.88. The summed E-state index contributed by atoms with van der Waals surface area (Å²) in [5.74, 6) is -1.46. The van der Waals surface area contributed by atoms with Gasteiger partial charge < -0.3 is 9.90 Å². The zero-order valence-electron chi connectivity index (χ0n) is 12.0. The van der Waals surface area contributed by atoms with Crippen LogP contribution in [0.4, 0.5) is 0 Å². The van der Waals surface area contributed by atoms with Crippen molar-refractivity contribution in [2.24, 2.45) is 0 Å². The van der Waals surface area contributed by atoms with Crippen molar-refractivity contribution in [3.63, 3.8) is 0 Å². The summed E-state index contributed by atoms with van der Waals surface area (Å²) >= 11 is 0. The summed E-state index contributed by atoms with van der Waals surface area (Å²) in [6.45, 7) is 2.21. The van der Waals surface area contributed by atoms with Crippen LogP contribution in [-0.2, 0) is 9.59 Å². The van der Waals surface area contributed by atoms with Crippen LogP contribution in [0.3, 0.4) is 0 Å². The van der Waals surface area contributed by atoms with Gasteiger partial charge in [0.25, 0.3) is 0 Å². The number of rotatable bonds is 12. The fraction of sp³-hybridized carbons (Fsp3) is 0.857. The quantitative estimate of drug-likeness (QED) is 0.274. The van der Waals surface area contributed by atoms with Crippen molar-refractivity contribution in [1.82, 2.24) is 0 Å². The van der Waals surface area contributed by atoms with Gasteiger partial charge in [0.15, 0.2) is 0 Å². The van der Waals surface area contributed by atoms with Gasteiger partial charge in [-0.05, 0) is 6.42 Å². The maximum absolute atomic E-state index is 11.0. The molecule has 0 aromatic heterocycles. The molecule has 0 heterocycles. The van der Waals surface area contributed by atoms with Crippen molar-refractivity contribution in [2.75, 3.05) is 0 Å².